The zero-order valence-corrected chi connectivity index (χ0v) is 12.7. The Bertz CT molecular complexity index is 631. The molecule has 3 rings (SSSR count). The molecule has 1 unspecified atom stereocenters. The van der Waals surface area contributed by atoms with Gasteiger partial charge < -0.3 is 5.32 Å². The summed E-state index contributed by atoms with van der Waals surface area (Å²) in [5, 5.41) is 3.26. The van der Waals surface area contributed by atoms with Gasteiger partial charge in [-0.05, 0) is 55.5 Å². The predicted octanol–water partition coefficient (Wildman–Crippen LogP) is 4.71. The lowest BCUT2D eigenvalue weighted by molar-refractivity contribution is 0.419. The summed E-state index contributed by atoms with van der Waals surface area (Å²) >= 11 is 0. The minimum atomic E-state index is -0.136. The van der Waals surface area contributed by atoms with Crippen molar-refractivity contribution in [3.63, 3.8) is 0 Å². The van der Waals surface area contributed by atoms with Crippen molar-refractivity contribution in [3.05, 3.63) is 70.5 Å². The van der Waals surface area contributed by atoms with Gasteiger partial charge in [-0.2, -0.15) is 0 Å². The normalized spacial score (nSPS) is 16.5. The molecule has 2 aromatic carbocycles. The van der Waals surface area contributed by atoms with E-state index in [9.17, 15) is 4.39 Å². The van der Waals surface area contributed by atoms with E-state index in [2.05, 4.69) is 29.6 Å². The number of hydrogen-bond acceptors (Lipinski definition) is 1. The molecule has 1 atom stereocenters. The summed E-state index contributed by atoms with van der Waals surface area (Å²) in [7, 11) is 1.89. The summed E-state index contributed by atoms with van der Waals surface area (Å²) in [6, 6.07) is 14.0. The molecule has 0 aliphatic heterocycles. The van der Waals surface area contributed by atoms with Crippen molar-refractivity contribution in [2.45, 2.75) is 38.1 Å². The van der Waals surface area contributed by atoms with Gasteiger partial charge in [0.05, 0.1) is 6.04 Å². The fourth-order valence-electron chi connectivity index (χ4n) is 3.10. The Kier molecular flexibility index (Phi) is 4.07. The largest absolute Gasteiger partial charge is 0.309 e. The molecule has 0 amide bonds. The highest BCUT2D eigenvalue weighted by atomic mass is 19.1. The maximum Gasteiger partial charge on any atom is 0.128 e. The molecule has 0 saturated heterocycles. The second-order valence-corrected chi connectivity index (χ2v) is 6.04. The van der Waals surface area contributed by atoms with Crippen LogP contribution >= 0.6 is 0 Å². The summed E-state index contributed by atoms with van der Waals surface area (Å²) in [4.78, 5) is 0. The molecular weight excluding hydrogens is 261 g/mol. The van der Waals surface area contributed by atoms with Crippen LogP contribution in [0.15, 0.2) is 42.5 Å². The van der Waals surface area contributed by atoms with Crippen molar-refractivity contribution in [3.8, 4) is 0 Å². The minimum Gasteiger partial charge on any atom is -0.309 e. The van der Waals surface area contributed by atoms with Crippen LogP contribution in [0.4, 0.5) is 4.39 Å². The van der Waals surface area contributed by atoms with E-state index in [1.807, 2.05) is 26.1 Å². The maximum absolute atomic E-state index is 14.3. The lowest BCUT2D eigenvalue weighted by atomic mass is 9.79. The van der Waals surface area contributed by atoms with Gasteiger partial charge in [0.15, 0.2) is 0 Å². The summed E-state index contributed by atoms with van der Waals surface area (Å²) < 4.78 is 14.3. The van der Waals surface area contributed by atoms with Gasteiger partial charge >= 0.3 is 0 Å². The molecule has 1 fully saturated rings. The van der Waals surface area contributed by atoms with E-state index in [4.69, 9.17) is 0 Å². The van der Waals surface area contributed by atoms with Crippen LogP contribution in [-0.2, 0) is 0 Å². The predicted molar refractivity (Wildman–Crippen MR) is 85.1 cm³/mol. The fourth-order valence-corrected chi connectivity index (χ4v) is 3.10. The average Bonchev–Trinajstić information content (AvgIpc) is 2.40. The molecule has 0 spiro atoms. The van der Waals surface area contributed by atoms with Crippen LogP contribution in [0.3, 0.4) is 0 Å². The summed E-state index contributed by atoms with van der Waals surface area (Å²) in [6.07, 6.45) is 3.90. The molecular formula is C19H22FN. The molecule has 1 aliphatic carbocycles. The first-order valence-electron chi connectivity index (χ1n) is 7.72. The highest BCUT2D eigenvalue weighted by Crippen LogP contribution is 2.37. The van der Waals surface area contributed by atoms with E-state index in [0.717, 1.165) is 11.1 Å². The second-order valence-electron chi connectivity index (χ2n) is 6.04. The molecule has 2 aromatic rings. The van der Waals surface area contributed by atoms with Crippen molar-refractivity contribution < 1.29 is 4.39 Å². The number of rotatable bonds is 4. The molecule has 2 heteroatoms. The highest BCUT2D eigenvalue weighted by molar-refractivity contribution is 5.37. The first kappa shape index (κ1) is 14.3. The molecule has 1 nitrogen and oxygen atoms in total. The first-order chi connectivity index (χ1) is 10.2. The number of aryl methyl sites for hydroxylation is 1. The molecule has 1 aliphatic rings. The van der Waals surface area contributed by atoms with E-state index in [1.54, 1.807) is 6.07 Å². The topological polar surface area (TPSA) is 12.0 Å². The van der Waals surface area contributed by atoms with Crippen LogP contribution in [0.25, 0.3) is 0 Å². The smallest absolute Gasteiger partial charge is 0.128 e. The Labute approximate surface area is 126 Å². The van der Waals surface area contributed by atoms with Gasteiger partial charge in [0, 0.05) is 5.56 Å². The van der Waals surface area contributed by atoms with Crippen molar-refractivity contribution in [1.82, 2.24) is 5.32 Å². The zero-order chi connectivity index (χ0) is 14.8. The van der Waals surface area contributed by atoms with Crippen LogP contribution in [0.1, 0.15) is 53.5 Å². The van der Waals surface area contributed by atoms with Crippen LogP contribution in [0.2, 0.25) is 0 Å². The van der Waals surface area contributed by atoms with Gasteiger partial charge in [-0.25, -0.2) is 4.39 Å². The van der Waals surface area contributed by atoms with E-state index >= 15 is 0 Å². The van der Waals surface area contributed by atoms with Crippen LogP contribution in [0.5, 0.6) is 0 Å². The number of halogens is 1. The summed E-state index contributed by atoms with van der Waals surface area (Å²) in [6.45, 7) is 1.92. The number of benzene rings is 2. The quantitative estimate of drug-likeness (QED) is 0.857. The monoisotopic (exact) mass is 283 g/mol. The first-order valence-corrected chi connectivity index (χ1v) is 7.72. The average molecular weight is 283 g/mol. The molecule has 1 N–H and O–H groups in total. The lowest BCUT2D eigenvalue weighted by Crippen LogP contribution is -2.19. The van der Waals surface area contributed by atoms with Gasteiger partial charge in [-0.3, -0.25) is 0 Å². The Morgan fingerprint density at radius 3 is 2.57 bits per heavy atom. The van der Waals surface area contributed by atoms with E-state index < -0.39 is 0 Å². The van der Waals surface area contributed by atoms with Crippen molar-refractivity contribution in [1.29, 1.82) is 0 Å². The third-order valence-electron chi connectivity index (χ3n) is 4.58. The van der Waals surface area contributed by atoms with E-state index in [-0.39, 0.29) is 11.9 Å². The van der Waals surface area contributed by atoms with Crippen molar-refractivity contribution in [2.24, 2.45) is 0 Å². The van der Waals surface area contributed by atoms with Gasteiger partial charge in [0.1, 0.15) is 5.82 Å². The van der Waals surface area contributed by atoms with Gasteiger partial charge in [-0.15, -0.1) is 0 Å². The Morgan fingerprint density at radius 2 is 1.95 bits per heavy atom. The van der Waals surface area contributed by atoms with Gasteiger partial charge in [0.2, 0.25) is 0 Å². The number of nitrogens with one attached hydrogen (secondary N) is 1. The molecule has 1 saturated carbocycles. The van der Waals surface area contributed by atoms with Gasteiger partial charge in [-0.1, -0.05) is 42.8 Å². The van der Waals surface area contributed by atoms with Gasteiger partial charge in [0.25, 0.3) is 0 Å². The molecule has 110 valence electrons. The zero-order valence-electron chi connectivity index (χ0n) is 12.7. The van der Waals surface area contributed by atoms with Crippen LogP contribution < -0.4 is 5.32 Å². The molecule has 0 heterocycles. The lowest BCUT2D eigenvalue weighted by Gasteiger charge is -2.27. The SMILES string of the molecule is CNC(c1cccc(C2CCC2)c1)c1ccc(C)cc1F. The van der Waals surface area contributed by atoms with Crippen LogP contribution in [-0.4, -0.2) is 7.05 Å². The van der Waals surface area contributed by atoms with Crippen LogP contribution in [0, 0.1) is 12.7 Å². The third kappa shape index (κ3) is 2.86. The second kappa shape index (κ2) is 5.98. The molecule has 21 heavy (non-hydrogen) atoms. The van der Waals surface area contributed by atoms with Crippen molar-refractivity contribution >= 4 is 0 Å². The third-order valence-corrected chi connectivity index (χ3v) is 4.58. The number of hydrogen-bond donors (Lipinski definition) is 1. The van der Waals surface area contributed by atoms with E-state index in [0.29, 0.717) is 11.5 Å². The van der Waals surface area contributed by atoms with Crippen molar-refractivity contribution in [2.75, 3.05) is 7.05 Å². The maximum atomic E-state index is 14.3. The Balaban J connectivity index is 1.95. The highest BCUT2D eigenvalue weighted by Gasteiger charge is 2.21. The van der Waals surface area contributed by atoms with E-state index in [1.165, 1.54) is 24.8 Å². The molecule has 0 bridgehead atoms. The standard InChI is InChI=1S/C19H22FN/c1-13-9-10-17(18(20)11-13)19(21-2)16-8-4-7-15(12-16)14-5-3-6-14/h4,7-12,14,19,21H,3,5-6H2,1-2H3. The summed E-state index contributed by atoms with van der Waals surface area (Å²) in [5.74, 6) is 0.564. The summed E-state index contributed by atoms with van der Waals surface area (Å²) in [5.41, 5.74) is 4.21. The minimum absolute atomic E-state index is 0.0920. The Hall–Kier alpha value is -1.67. The fraction of sp³-hybridized carbons (Fsp3) is 0.368. The molecule has 0 radical (unpaired) electrons. The Morgan fingerprint density at radius 1 is 1.14 bits per heavy atom. The molecule has 0 aromatic heterocycles.